The highest BCUT2D eigenvalue weighted by Crippen LogP contribution is 2.00. The van der Waals surface area contributed by atoms with Gasteiger partial charge in [0.25, 0.3) is 0 Å². The van der Waals surface area contributed by atoms with Crippen LogP contribution in [-0.4, -0.2) is 12.6 Å². The molecule has 11 heavy (non-hydrogen) atoms. The maximum atomic E-state index is 3.70. The van der Waals surface area contributed by atoms with Crippen molar-refractivity contribution in [1.29, 1.82) is 0 Å². The first-order valence-corrected chi connectivity index (χ1v) is 4.65. The fourth-order valence-corrected chi connectivity index (χ4v) is 1.06. The summed E-state index contributed by atoms with van der Waals surface area (Å²) >= 11 is 0. The lowest BCUT2D eigenvalue weighted by molar-refractivity contribution is 0.500. The van der Waals surface area contributed by atoms with Crippen LogP contribution in [0.5, 0.6) is 0 Å². The molecule has 0 spiro atoms. The maximum absolute atomic E-state index is 3.70. The number of unbranched alkanes of at least 4 members (excludes halogenated alkanes) is 1. The van der Waals surface area contributed by atoms with Crippen LogP contribution in [0.25, 0.3) is 0 Å². The molecule has 0 aromatic carbocycles. The Balaban J connectivity index is 3.08. The van der Waals surface area contributed by atoms with Gasteiger partial charge in [0.05, 0.1) is 0 Å². The van der Waals surface area contributed by atoms with Gasteiger partial charge in [-0.2, -0.15) is 0 Å². The molecule has 1 atom stereocenters. The van der Waals surface area contributed by atoms with Crippen molar-refractivity contribution < 1.29 is 0 Å². The van der Waals surface area contributed by atoms with Crippen LogP contribution in [-0.2, 0) is 0 Å². The summed E-state index contributed by atoms with van der Waals surface area (Å²) in [7, 11) is 0. The topological polar surface area (TPSA) is 12.0 Å². The molecule has 1 unspecified atom stereocenters. The summed E-state index contributed by atoms with van der Waals surface area (Å²) in [6.45, 7) is 9.29. The Morgan fingerprint density at radius 3 is 2.82 bits per heavy atom. The molecule has 0 amide bonds. The van der Waals surface area contributed by atoms with Crippen LogP contribution in [0, 0.1) is 0 Å². The highest BCUT2D eigenvalue weighted by atomic mass is 14.9. The Morgan fingerprint density at radius 2 is 2.27 bits per heavy atom. The molecule has 0 aliphatic carbocycles. The molecule has 0 radical (unpaired) electrons. The van der Waals surface area contributed by atoms with E-state index in [4.69, 9.17) is 0 Å². The zero-order chi connectivity index (χ0) is 8.53. The van der Waals surface area contributed by atoms with Crippen LogP contribution in [0.15, 0.2) is 12.7 Å². The predicted octanol–water partition coefficient (Wildman–Crippen LogP) is 2.73. The standard InChI is InChI=1S/C10H21N/c1-4-6-7-8-10(3)11-9-5-2/h4,10-11H,1,5-9H2,2-3H3. The second-order valence-corrected chi connectivity index (χ2v) is 3.07. The summed E-state index contributed by atoms with van der Waals surface area (Å²) in [5.41, 5.74) is 0. The molecule has 0 aromatic rings. The molecule has 0 rings (SSSR count). The van der Waals surface area contributed by atoms with Gasteiger partial charge in [0.15, 0.2) is 0 Å². The van der Waals surface area contributed by atoms with Crippen LogP contribution in [0.2, 0.25) is 0 Å². The molecular weight excluding hydrogens is 134 g/mol. The zero-order valence-electron chi connectivity index (χ0n) is 7.90. The molecule has 0 aliphatic rings. The van der Waals surface area contributed by atoms with E-state index in [0.717, 1.165) is 13.0 Å². The van der Waals surface area contributed by atoms with Crippen molar-refractivity contribution >= 4 is 0 Å². The average Bonchev–Trinajstić information content (AvgIpc) is 2.01. The summed E-state index contributed by atoms with van der Waals surface area (Å²) < 4.78 is 0. The molecule has 0 bridgehead atoms. The molecule has 1 nitrogen and oxygen atoms in total. The highest BCUT2D eigenvalue weighted by Gasteiger charge is 1.97. The number of hydrogen-bond donors (Lipinski definition) is 1. The van der Waals surface area contributed by atoms with Gasteiger partial charge in [0.2, 0.25) is 0 Å². The van der Waals surface area contributed by atoms with Crippen LogP contribution in [0.4, 0.5) is 0 Å². The van der Waals surface area contributed by atoms with Crippen molar-refractivity contribution in [2.75, 3.05) is 6.54 Å². The maximum Gasteiger partial charge on any atom is 0.00388 e. The number of allylic oxidation sites excluding steroid dienone is 1. The third-order valence-corrected chi connectivity index (χ3v) is 1.79. The Labute approximate surface area is 70.9 Å². The number of hydrogen-bond acceptors (Lipinski definition) is 1. The summed E-state index contributed by atoms with van der Waals surface area (Å²) in [6.07, 6.45) is 6.91. The summed E-state index contributed by atoms with van der Waals surface area (Å²) in [5, 5.41) is 3.46. The Hall–Kier alpha value is -0.300. The van der Waals surface area contributed by atoms with Gasteiger partial charge in [-0.15, -0.1) is 6.58 Å². The second kappa shape index (κ2) is 7.80. The van der Waals surface area contributed by atoms with E-state index in [9.17, 15) is 0 Å². The van der Waals surface area contributed by atoms with Crippen molar-refractivity contribution in [2.45, 2.75) is 45.6 Å². The lowest BCUT2D eigenvalue weighted by atomic mass is 10.1. The molecular formula is C10H21N. The first kappa shape index (κ1) is 10.7. The molecule has 0 saturated heterocycles. The van der Waals surface area contributed by atoms with Gasteiger partial charge >= 0.3 is 0 Å². The minimum absolute atomic E-state index is 0.676. The van der Waals surface area contributed by atoms with Crippen molar-refractivity contribution in [2.24, 2.45) is 0 Å². The normalized spacial score (nSPS) is 12.9. The minimum atomic E-state index is 0.676. The Bertz CT molecular complexity index is 88.9. The second-order valence-electron chi connectivity index (χ2n) is 3.07. The van der Waals surface area contributed by atoms with Crippen molar-refractivity contribution in [1.82, 2.24) is 5.32 Å². The fourth-order valence-electron chi connectivity index (χ4n) is 1.06. The van der Waals surface area contributed by atoms with E-state index in [2.05, 4.69) is 25.7 Å². The van der Waals surface area contributed by atoms with Gasteiger partial charge in [-0.25, -0.2) is 0 Å². The number of rotatable bonds is 7. The lowest BCUT2D eigenvalue weighted by Gasteiger charge is -2.11. The summed E-state index contributed by atoms with van der Waals surface area (Å²) in [6, 6.07) is 0.676. The van der Waals surface area contributed by atoms with Crippen LogP contribution in [0.3, 0.4) is 0 Å². The third kappa shape index (κ3) is 7.60. The van der Waals surface area contributed by atoms with Crippen molar-refractivity contribution in [3.05, 3.63) is 12.7 Å². The number of nitrogens with one attached hydrogen (secondary N) is 1. The molecule has 0 aromatic heterocycles. The fraction of sp³-hybridized carbons (Fsp3) is 0.800. The van der Waals surface area contributed by atoms with Crippen molar-refractivity contribution in [3.8, 4) is 0 Å². The van der Waals surface area contributed by atoms with E-state index in [1.807, 2.05) is 6.08 Å². The highest BCUT2D eigenvalue weighted by molar-refractivity contribution is 4.68. The van der Waals surface area contributed by atoms with E-state index >= 15 is 0 Å². The molecule has 0 aliphatic heterocycles. The van der Waals surface area contributed by atoms with Crippen LogP contribution < -0.4 is 5.32 Å². The average molecular weight is 155 g/mol. The molecule has 1 N–H and O–H groups in total. The molecule has 66 valence electrons. The van der Waals surface area contributed by atoms with E-state index < -0.39 is 0 Å². The van der Waals surface area contributed by atoms with E-state index in [1.165, 1.54) is 19.3 Å². The zero-order valence-corrected chi connectivity index (χ0v) is 7.90. The lowest BCUT2D eigenvalue weighted by Crippen LogP contribution is -2.26. The summed E-state index contributed by atoms with van der Waals surface area (Å²) in [5.74, 6) is 0. The molecule has 1 heteroatoms. The quantitative estimate of drug-likeness (QED) is 0.440. The predicted molar refractivity (Wildman–Crippen MR) is 51.8 cm³/mol. The molecule has 0 fully saturated rings. The smallest absolute Gasteiger partial charge is 0.00388 e. The van der Waals surface area contributed by atoms with Gasteiger partial charge in [-0.3, -0.25) is 0 Å². The first-order chi connectivity index (χ1) is 5.31. The van der Waals surface area contributed by atoms with Crippen molar-refractivity contribution in [3.63, 3.8) is 0 Å². The van der Waals surface area contributed by atoms with Gasteiger partial charge in [-0.05, 0) is 39.2 Å². The first-order valence-electron chi connectivity index (χ1n) is 4.65. The SMILES string of the molecule is C=CCCCC(C)NCCC. The van der Waals surface area contributed by atoms with Crippen LogP contribution in [0.1, 0.15) is 39.5 Å². The summed E-state index contributed by atoms with van der Waals surface area (Å²) in [4.78, 5) is 0. The Morgan fingerprint density at radius 1 is 1.55 bits per heavy atom. The third-order valence-electron chi connectivity index (χ3n) is 1.79. The monoisotopic (exact) mass is 155 g/mol. The molecule has 0 saturated carbocycles. The largest absolute Gasteiger partial charge is 0.314 e. The minimum Gasteiger partial charge on any atom is -0.314 e. The Kier molecular flexibility index (Phi) is 7.59. The van der Waals surface area contributed by atoms with E-state index in [-0.39, 0.29) is 0 Å². The van der Waals surface area contributed by atoms with E-state index in [1.54, 1.807) is 0 Å². The van der Waals surface area contributed by atoms with Gasteiger partial charge in [0, 0.05) is 6.04 Å². The van der Waals surface area contributed by atoms with Gasteiger partial charge < -0.3 is 5.32 Å². The van der Waals surface area contributed by atoms with Gasteiger partial charge in [-0.1, -0.05) is 13.0 Å². The molecule has 0 heterocycles. The van der Waals surface area contributed by atoms with Gasteiger partial charge in [0.1, 0.15) is 0 Å². The van der Waals surface area contributed by atoms with E-state index in [0.29, 0.717) is 6.04 Å². The van der Waals surface area contributed by atoms with Crippen LogP contribution >= 0.6 is 0 Å².